The molecule has 0 atom stereocenters. The molecule has 0 aliphatic heterocycles. The number of hydrogen-bond acceptors (Lipinski definition) is 4. The highest BCUT2D eigenvalue weighted by Gasteiger charge is 2.42. The molecule has 3 N–H and O–H groups in total. The molecular formula is C13H24N2O4. The van der Waals surface area contributed by atoms with Crippen molar-refractivity contribution in [1.82, 2.24) is 10.6 Å². The number of carbonyl (C=O) groups excluding carboxylic acids is 1. The monoisotopic (exact) mass is 272 g/mol. The number of carboxylic acids is 1. The Morgan fingerprint density at radius 1 is 1.37 bits per heavy atom. The Labute approximate surface area is 113 Å². The van der Waals surface area contributed by atoms with E-state index in [1.807, 2.05) is 0 Å². The van der Waals surface area contributed by atoms with E-state index in [2.05, 4.69) is 17.6 Å². The fourth-order valence-electron chi connectivity index (χ4n) is 2.33. The van der Waals surface area contributed by atoms with E-state index in [4.69, 9.17) is 4.74 Å². The highest BCUT2D eigenvalue weighted by molar-refractivity contribution is 5.88. The van der Waals surface area contributed by atoms with Crippen molar-refractivity contribution in [3.8, 4) is 0 Å². The summed E-state index contributed by atoms with van der Waals surface area (Å²) in [4.78, 5) is 23.2. The molecule has 0 bridgehead atoms. The highest BCUT2D eigenvalue weighted by Crippen LogP contribution is 2.32. The van der Waals surface area contributed by atoms with E-state index in [1.165, 1.54) is 0 Å². The lowest BCUT2D eigenvalue weighted by Crippen LogP contribution is -2.57. The molecule has 19 heavy (non-hydrogen) atoms. The first-order valence-corrected chi connectivity index (χ1v) is 6.74. The number of hydrogen-bond donors (Lipinski definition) is 3. The van der Waals surface area contributed by atoms with Crippen molar-refractivity contribution < 1.29 is 19.4 Å². The molecule has 0 aromatic rings. The average molecular weight is 272 g/mol. The van der Waals surface area contributed by atoms with Gasteiger partial charge in [-0.3, -0.25) is 4.79 Å². The SMILES string of the molecule is COCCNCC(=O)NC1(C(=O)O)CCC(C)CC1. The van der Waals surface area contributed by atoms with Gasteiger partial charge in [0.05, 0.1) is 13.2 Å². The van der Waals surface area contributed by atoms with Gasteiger partial charge in [-0.05, 0) is 31.6 Å². The van der Waals surface area contributed by atoms with Crippen LogP contribution in [0.1, 0.15) is 32.6 Å². The van der Waals surface area contributed by atoms with Gasteiger partial charge >= 0.3 is 5.97 Å². The van der Waals surface area contributed by atoms with Crippen molar-refractivity contribution in [3.63, 3.8) is 0 Å². The van der Waals surface area contributed by atoms with Crippen molar-refractivity contribution in [3.05, 3.63) is 0 Å². The van der Waals surface area contributed by atoms with E-state index < -0.39 is 11.5 Å². The van der Waals surface area contributed by atoms with Gasteiger partial charge < -0.3 is 20.5 Å². The summed E-state index contributed by atoms with van der Waals surface area (Å²) in [7, 11) is 1.59. The summed E-state index contributed by atoms with van der Waals surface area (Å²) in [6.07, 6.45) is 2.69. The maximum Gasteiger partial charge on any atom is 0.329 e. The topological polar surface area (TPSA) is 87.7 Å². The van der Waals surface area contributed by atoms with E-state index in [0.29, 0.717) is 31.9 Å². The van der Waals surface area contributed by atoms with Gasteiger partial charge in [0.15, 0.2) is 0 Å². The minimum atomic E-state index is -1.08. The van der Waals surface area contributed by atoms with Gasteiger partial charge in [-0.2, -0.15) is 0 Å². The van der Waals surface area contributed by atoms with Crippen molar-refractivity contribution in [2.24, 2.45) is 5.92 Å². The first-order valence-electron chi connectivity index (χ1n) is 6.74. The van der Waals surface area contributed by atoms with Crippen LogP contribution >= 0.6 is 0 Å². The molecule has 0 radical (unpaired) electrons. The molecule has 0 saturated heterocycles. The van der Waals surface area contributed by atoms with Crippen molar-refractivity contribution in [2.45, 2.75) is 38.1 Å². The highest BCUT2D eigenvalue weighted by atomic mass is 16.5. The standard InChI is InChI=1S/C13H24N2O4/c1-10-3-5-13(6-4-10,12(17)18)15-11(16)9-14-7-8-19-2/h10,14H,3-9H2,1-2H3,(H,15,16)(H,17,18). The van der Waals surface area contributed by atoms with Gasteiger partial charge in [-0.15, -0.1) is 0 Å². The Morgan fingerprint density at radius 2 is 2.00 bits per heavy atom. The van der Waals surface area contributed by atoms with Gasteiger partial charge in [0.25, 0.3) is 0 Å². The number of ether oxygens (including phenoxy) is 1. The third-order valence-electron chi connectivity index (χ3n) is 3.68. The third-order valence-corrected chi connectivity index (χ3v) is 3.68. The summed E-state index contributed by atoms with van der Waals surface area (Å²) in [5.41, 5.74) is -1.08. The number of rotatable bonds is 7. The van der Waals surface area contributed by atoms with Gasteiger partial charge in [0, 0.05) is 13.7 Å². The minimum Gasteiger partial charge on any atom is -0.480 e. The van der Waals surface area contributed by atoms with Gasteiger partial charge in [-0.25, -0.2) is 4.79 Å². The normalized spacial score (nSPS) is 26.9. The van der Waals surface area contributed by atoms with Crippen LogP contribution < -0.4 is 10.6 Å². The number of carbonyl (C=O) groups is 2. The van der Waals surface area contributed by atoms with Crippen molar-refractivity contribution in [2.75, 3.05) is 26.8 Å². The van der Waals surface area contributed by atoms with Crippen LogP contribution in [0.15, 0.2) is 0 Å². The molecule has 0 aromatic heterocycles. The largest absolute Gasteiger partial charge is 0.480 e. The Bertz CT molecular complexity index is 312. The molecule has 0 spiro atoms. The van der Waals surface area contributed by atoms with Crippen LogP contribution in [0.5, 0.6) is 0 Å². The van der Waals surface area contributed by atoms with Crippen LogP contribution in [0.4, 0.5) is 0 Å². The van der Waals surface area contributed by atoms with E-state index in [0.717, 1.165) is 12.8 Å². The maximum absolute atomic E-state index is 11.8. The zero-order chi connectivity index (χ0) is 14.3. The summed E-state index contributed by atoms with van der Waals surface area (Å²) >= 11 is 0. The third kappa shape index (κ3) is 4.80. The number of aliphatic carboxylic acids is 1. The van der Waals surface area contributed by atoms with E-state index in [1.54, 1.807) is 7.11 Å². The molecular weight excluding hydrogens is 248 g/mol. The minimum absolute atomic E-state index is 0.119. The molecule has 0 heterocycles. The molecule has 1 saturated carbocycles. The second kappa shape index (κ2) is 7.45. The quantitative estimate of drug-likeness (QED) is 0.583. The maximum atomic E-state index is 11.8. The molecule has 1 rings (SSSR count). The predicted octanol–water partition coefficient (Wildman–Crippen LogP) is 0.372. The zero-order valence-corrected chi connectivity index (χ0v) is 11.7. The second-order valence-electron chi connectivity index (χ2n) is 5.29. The van der Waals surface area contributed by atoms with E-state index in [-0.39, 0.29) is 12.5 Å². The van der Waals surface area contributed by atoms with Gasteiger partial charge in [-0.1, -0.05) is 6.92 Å². The molecule has 0 aromatic carbocycles. The van der Waals surface area contributed by atoms with Crippen LogP contribution in [0.3, 0.4) is 0 Å². The number of carboxylic acid groups (broad SMARTS) is 1. The van der Waals surface area contributed by atoms with E-state index in [9.17, 15) is 14.7 Å². The van der Waals surface area contributed by atoms with E-state index >= 15 is 0 Å². The van der Waals surface area contributed by atoms with Crippen LogP contribution in [-0.2, 0) is 14.3 Å². The van der Waals surface area contributed by atoms with Gasteiger partial charge in [0.1, 0.15) is 5.54 Å². The van der Waals surface area contributed by atoms with Crippen LogP contribution in [0.2, 0.25) is 0 Å². The Balaban J connectivity index is 2.45. The molecule has 1 fully saturated rings. The Hall–Kier alpha value is -1.14. The van der Waals surface area contributed by atoms with Crippen LogP contribution in [-0.4, -0.2) is 49.3 Å². The lowest BCUT2D eigenvalue weighted by molar-refractivity contribution is -0.149. The number of methoxy groups -OCH3 is 1. The van der Waals surface area contributed by atoms with Crippen molar-refractivity contribution >= 4 is 11.9 Å². The van der Waals surface area contributed by atoms with Crippen LogP contribution in [0.25, 0.3) is 0 Å². The smallest absolute Gasteiger partial charge is 0.329 e. The summed E-state index contributed by atoms with van der Waals surface area (Å²) in [5.74, 6) is -0.665. The molecule has 6 heteroatoms. The van der Waals surface area contributed by atoms with Gasteiger partial charge in [0.2, 0.25) is 5.91 Å². The summed E-state index contributed by atoms with van der Waals surface area (Å²) in [6, 6.07) is 0. The zero-order valence-electron chi connectivity index (χ0n) is 11.7. The Kier molecular flexibility index (Phi) is 6.24. The Morgan fingerprint density at radius 3 is 2.53 bits per heavy atom. The molecule has 0 unspecified atom stereocenters. The first-order chi connectivity index (χ1) is 9.00. The van der Waals surface area contributed by atoms with Crippen LogP contribution in [0, 0.1) is 5.92 Å². The predicted molar refractivity (Wildman–Crippen MR) is 70.9 cm³/mol. The fraction of sp³-hybridized carbons (Fsp3) is 0.846. The summed E-state index contributed by atoms with van der Waals surface area (Å²) in [6.45, 7) is 3.32. The molecule has 6 nitrogen and oxygen atoms in total. The summed E-state index contributed by atoms with van der Waals surface area (Å²) in [5, 5.41) is 15.0. The molecule has 1 aliphatic carbocycles. The molecule has 110 valence electrons. The number of nitrogens with one attached hydrogen (secondary N) is 2. The first kappa shape index (κ1) is 15.9. The number of amides is 1. The second-order valence-corrected chi connectivity index (χ2v) is 5.29. The van der Waals surface area contributed by atoms with Crippen molar-refractivity contribution in [1.29, 1.82) is 0 Å². The fourth-order valence-corrected chi connectivity index (χ4v) is 2.33. The summed E-state index contributed by atoms with van der Waals surface area (Å²) < 4.78 is 4.86. The molecule has 1 aliphatic rings. The molecule has 1 amide bonds. The lowest BCUT2D eigenvalue weighted by Gasteiger charge is -2.36. The average Bonchev–Trinajstić information content (AvgIpc) is 2.37. The lowest BCUT2D eigenvalue weighted by atomic mass is 9.77.